The number of aromatic amines is 1. The maximum Gasteiger partial charge on any atom is 0.161 e. The van der Waals surface area contributed by atoms with Crippen LogP contribution in [0.3, 0.4) is 0 Å². The third-order valence-corrected chi connectivity index (χ3v) is 3.09. The molecular formula is C14H17N3O2. The van der Waals surface area contributed by atoms with E-state index in [0.717, 1.165) is 41.3 Å². The second-order valence-electron chi connectivity index (χ2n) is 4.53. The predicted molar refractivity (Wildman–Crippen MR) is 72.4 cm³/mol. The summed E-state index contributed by atoms with van der Waals surface area (Å²) in [6.07, 6.45) is 1.71. The highest BCUT2D eigenvalue weighted by atomic mass is 16.5. The van der Waals surface area contributed by atoms with Gasteiger partial charge in [0.2, 0.25) is 0 Å². The van der Waals surface area contributed by atoms with Crippen molar-refractivity contribution in [1.29, 1.82) is 0 Å². The fourth-order valence-corrected chi connectivity index (χ4v) is 2.12. The van der Waals surface area contributed by atoms with Crippen molar-refractivity contribution in [2.75, 3.05) is 19.8 Å². The molecule has 0 aliphatic carbocycles. The van der Waals surface area contributed by atoms with Gasteiger partial charge in [0.25, 0.3) is 0 Å². The molecule has 3 N–H and O–H groups in total. The smallest absolute Gasteiger partial charge is 0.161 e. The molecule has 0 fully saturated rings. The molecule has 1 aliphatic rings. The Bertz CT molecular complexity index is 566. The van der Waals surface area contributed by atoms with E-state index in [9.17, 15) is 0 Å². The van der Waals surface area contributed by atoms with Crippen LogP contribution in [0.1, 0.15) is 12.1 Å². The van der Waals surface area contributed by atoms with Gasteiger partial charge in [0, 0.05) is 24.1 Å². The van der Waals surface area contributed by atoms with Gasteiger partial charge in [0.15, 0.2) is 11.5 Å². The first-order valence-electron chi connectivity index (χ1n) is 6.51. The summed E-state index contributed by atoms with van der Waals surface area (Å²) >= 11 is 0. The summed E-state index contributed by atoms with van der Waals surface area (Å²) in [6, 6.07) is 7.93. The van der Waals surface area contributed by atoms with Crippen molar-refractivity contribution in [2.24, 2.45) is 5.73 Å². The van der Waals surface area contributed by atoms with Crippen LogP contribution < -0.4 is 15.2 Å². The Morgan fingerprint density at radius 2 is 2.00 bits per heavy atom. The first-order valence-corrected chi connectivity index (χ1v) is 6.51. The molecule has 0 unspecified atom stereocenters. The normalized spacial score (nSPS) is 14.2. The van der Waals surface area contributed by atoms with Gasteiger partial charge < -0.3 is 15.2 Å². The molecule has 0 atom stereocenters. The van der Waals surface area contributed by atoms with Crippen molar-refractivity contribution in [3.8, 4) is 22.8 Å². The van der Waals surface area contributed by atoms with Crippen LogP contribution >= 0.6 is 0 Å². The van der Waals surface area contributed by atoms with Crippen molar-refractivity contribution >= 4 is 0 Å². The van der Waals surface area contributed by atoms with Gasteiger partial charge in [-0.2, -0.15) is 5.10 Å². The first kappa shape index (κ1) is 12.0. The van der Waals surface area contributed by atoms with E-state index in [0.29, 0.717) is 19.8 Å². The van der Waals surface area contributed by atoms with Gasteiger partial charge in [-0.3, -0.25) is 5.10 Å². The lowest BCUT2D eigenvalue weighted by Crippen LogP contribution is -2.02. The molecule has 1 aromatic carbocycles. The molecule has 0 spiro atoms. The van der Waals surface area contributed by atoms with E-state index in [4.69, 9.17) is 15.2 Å². The van der Waals surface area contributed by atoms with Gasteiger partial charge in [-0.05, 0) is 30.8 Å². The van der Waals surface area contributed by atoms with E-state index in [-0.39, 0.29) is 0 Å². The zero-order valence-corrected chi connectivity index (χ0v) is 10.7. The van der Waals surface area contributed by atoms with Gasteiger partial charge in [-0.15, -0.1) is 0 Å². The summed E-state index contributed by atoms with van der Waals surface area (Å²) in [7, 11) is 0. The van der Waals surface area contributed by atoms with Crippen molar-refractivity contribution in [3.63, 3.8) is 0 Å². The monoisotopic (exact) mass is 259 g/mol. The largest absolute Gasteiger partial charge is 0.490 e. The van der Waals surface area contributed by atoms with Crippen LogP contribution in [0.2, 0.25) is 0 Å². The fraction of sp³-hybridized carbons (Fsp3) is 0.357. The molecule has 1 aliphatic heterocycles. The van der Waals surface area contributed by atoms with E-state index in [1.54, 1.807) is 0 Å². The number of rotatable bonds is 3. The number of hydrogen-bond acceptors (Lipinski definition) is 4. The second kappa shape index (κ2) is 5.32. The van der Waals surface area contributed by atoms with Crippen molar-refractivity contribution in [1.82, 2.24) is 10.2 Å². The van der Waals surface area contributed by atoms with Gasteiger partial charge in [0.1, 0.15) is 0 Å². The summed E-state index contributed by atoms with van der Waals surface area (Å²) in [5.74, 6) is 1.59. The van der Waals surface area contributed by atoms with Crippen LogP contribution in [-0.2, 0) is 6.42 Å². The van der Waals surface area contributed by atoms with E-state index in [1.165, 1.54) is 0 Å². The van der Waals surface area contributed by atoms with E-state index in [1.807, 2.05) is 24.3 Å². The van der Waals surface area contributed by atoms with E-state index in [2.05, 4.69) is 10.2 Å². The highest BCUT2D eigenvalue weighted by Gasteiger charge is 2.12. The number of aromatic nitrogens is 2. The van der Waals surface area contributed by atoms with Crippen LogP contribution in [0.15, 0.2) is 24.3 Å². The van der Waals surface area contributed by atoms with Crippen molar-refractivity contribution < 1.29 is 9.47 Å². The summed E-state index contributed by atoms with van der Waals surface area (Å²) in [5.41, 5.74) is 8.50. The second-order valence-corrected chi connectivity index (χ2v) is 4.53. The molecule has 0 amide bonds. The fourth-order valence-electron chi connectivity index (χ4n) is 2.12. The lowest BCUT2D eigenvalue weighted by atomic mass is 10.1. The van der Waals surface area contributed by atoms with E-state index >= 15 is 0 Å². The Kier molecular flexibility index (Phi) is 3.37. The number of benzene rings is 1. The molecule has 19 heavy (non-hydrogen) atoms. The Balaban J connectivity index is 1.89. The minimum absolute atomic E-state index is 0.614. The molecule has 2 heterocycles. The van der Waals surface area contributed by atoms with Crippen LogP contribution in [0.4, 0.5) is 0 Å². The van der Waals surface area contributed by atoms with Gasteiger partial charge >= 0.3 is 0 Å². The van der Waals surface area contributed by atoms with Gasteiger partial charge in [-0.25, -0.2) is 0 Å². The number of H-pyrrole nitrogens is 1. The minimum atomic E-state index is 0.614. The summed E-state index contributed by atoms with van der Waals surface area (Å²) < 4.78 is 11.3. The Morgan fingerprint density at radius 1 is 1.16 bits per heavy atom. The number of fused-ring (bicyclic) bond motifs is 1. The van der Waals surface area contributed by atoms with Gasteiger partial charge in [-0.1, -0.05) is 0 Å². The third-order valence-electron chi connectivity index (χ3n) is 3.09. The number of nitrogens with one attached hydrogen (secondary N) is 1. The summed E-state index contributed by atoms with van der Waals surface area (Å²) in [5, 5.41) is 7.30. The maximum atomic E-state index is 5.68. The summed E-state index contributed by atoms with van der Waals surface area (Å²) in [4.78, 5) is 0. The lowest BCUT2D eigenvalue weighted by molar-refractivity contribution is 0.297. The van der Waals surface area contributed by atoms with Crippen LogP contribution in [-0.4, -0.2) is 30.0 Å². The van der Waals surface area contributed by atoms with Gasteiger partial charge in [0.05, 0.1) is 18.9 Å². The molecule has 0 bridgehead atoms. The maximum absolute atomic E-state index is 5.68. The number of nitrogens with zero attached hydrogens (tertiary/aromatic N) is 1. The average Bonchev–Trinajstić information content (AvgIpc) is 2.76. The predicted octanol–water partition coefficient (Wildman–Crippen LogP) is 1.74. The summed E-state index contributed by atoms with van der Waals surface area (Å²) in [6.45, 7) is 2.01. The minimum Gasteiger partial charge on any atom is -0.490 e. The average molecular weight is 259 g/mol. The molecule has 2 aromatic rings. The standard InChI is InChI=1S/C14H17N3O2/c15-5-4-11-9-12(17-16-11)10-2-3-13-14(8-10)19-7-1-6-18-13/h2-3,8-9H,1,4-7,15H2,(H,16,17). The Morgan fingerprint density at radius 3 is 2.84 bits per heavy atom. The zero-order chi connectivity index (χ0) is 13.1. The molecule has 3 rings (SSSR count). The van der Waals surface area contributed by atoms with Crippen LogP contribution in [0.25, 0.3) is 11.3 Å². The number of ether oxygens (including phenoxy) is 2. The molecule has 100 valence electrons. The number of hydrogen-bond donors (Lipinski definition) is 2. The Labute approximate surface area is 111 Å². The molecule has 0 saturated carbocycles. The quantitative estimate of drug-likeness (QED) is 0.880. The molecule has 0 saturated heterocycles. The highest BCUT2D eigenvalue weighted by molar-refractivity contribution is 5.64. The van der Waals surface area contributed by atoms with Crippen molar-refractivity contribution in [2.45, 2.75) is 12.8 Å². The van der Waals surface area contributed by atoms with Crippen LogP contribution in [0.5, 0.6) is 11.5 Å². The van der Waals surface area contributed by atoms with E-state index < -0.39 is 0 Å². The van der Waals surface area contributed by atoms with Crippen molar-refractivity contribution in [3.05, 3.63) is 30.0 Å². The lowest BCUT2D eigenvalue weighted by Gasteiger charge is -2.07. The number of nitrogens with two attached hydrogens (primary N) is 1. The topological polar surface area (TPSA) is 73.2 Å². The van der Waals surface area contributed by atoms with Crippen LogP contribution in [0, 0.1) is 0 Å². The zero-order valence-electron chi connectivity index (χ0n) is 10.7. The first-order chi connectivity index (χ1) is 9.36. The molecule has 5 nitrogen and oxygen atoms in total. The SMILES string of the molecule is NCCc1cc(-c2ccc3c(c2)OCCCO3)n[nH]1. The highest BCUT2D eigenvalue weighted by Crippen LogP contribution is 2.33. The molecule has 0 radical (unpaired) electrons. The molecular weight excluding hydrogens is 242 g/mol. The molecule has 1 aromatic heterocycles. The Hall–Kier alpha value is -2.01. The molecule has 5 heteroatoms. The third kappa shape index (κ3) is 2.56.